The minimum Gasteiger partial charge on any atom is -0.375 e. The molecule has 0 aliphatic carbocycles. The normalized spacial score (nSPS) is 11.9. The molecule has 1 unspecified atom stereocenters. The Morgan fingerprint density at radius 2 is 2.30 bits per heavy atom. The fourth-order valence-electron chi connectivity index (χ4n) is 1.91. The summed E-state index contributed by atoms with van der Waals surface area (Å²) in [7, 11) is 0. The highest BCUT2D eigenvalue weighted by atomic mass is 32.2. The number of rotatable bonds is 5. The molecule has 3 nitrogen and oxygen atoms in total. The van der Waals surface area contributed by atoms with Crippen molar-refractivity contribution in [2.75, 3.05) is 11.1 Å². The van der Waals surface area contributed by atoms with Crippen LogP contribution in [0.3, 0.4) is 0 Å². The smallest absolute Gasteiger partial charge is 0.115 e. The molecule has 0 fully saturated rings. The first kappa shape index (κ1) is 14.9. The Morgan fingerprint density at radius 3 is 2.90 bits per heavy atom. The van der Waals surface area contributed by atoms with Crippen LogP contribution in [0.4, 0.5) is 5.69 Å². The maximum absolute atomic E-state index is 9.40. The van der Waals surface area contributed by atoms with Gasteiger partial charge in [0, 0.05) is 16.0 Å². The van der Waals surface area contributed by atoms with Gasteiger partial charge in [-0.3, -0.25) is 0 Å². The van der Waals surface area contributed by atoms with Crippen molar-refractivity contribution < 1.29 is 0 Å². The second-order valence-corrected chi connectivity index (χ2v) is 6.97. The second-order valence-electron chi connectivity index (χ2n) is 4.40. The first-order chi connectivity index (χ1) is 9.65. The average molecular weight is 303 g/mol. The third-order valence-electron chi connectivity index (χ3n) is 2.82. The van der Waals surface area contributed by atoms with Crippen LogP contribution in [0.15, 0.2) is 29.3 Å². The molecule has 2 rings (SSSR count). The van der Waals surface area contributed by atoms with Gasteiger partial charge in [-0.05, 0) is 31.7 Å². The van der Waals surface area contributed by atoms with Crippen LogP contribution < -0.4 is 5.32 Å². The lowest BCUT2D eigenvalue weighted by molar-refractivity contribution is 0.868. The fourth-order valence-corrected chi connectivity index (χ4v) is 3.47. The first-order valence-electron chi connectivity index (χ1n) is 6.50. The van der Waals surface area contributed by atoms with Crippen molar-refractivity contribution in [1.29, 1.82) is 5.26 Å². The average Bonchev–Trinajstić information content (AvgIpc) is 2.86. The number of benzene rings is 1. The van der Waals surface area contributed by atoms with Crippen LogP contribution in [-0.2, 0) is 0 Å². The van der Waals surface area contributed by atoms with Gasteiger partial charge in [-0.1, -0.05) is 13.0 Å². The summed E-state index contributed by atoms with van der Waals surface area (Å²) in [6.45, 7) is 6.21. The van der Waals surface area contributed by atoms with E-state index < -0.39 is 0 Å². The van der Waals surface area contributed by atoms with E-state index >= 15 is 0 Å². The van der Waals surface area contributed by atoms with Crippen molar-refractivity contribution in [3.05, 3.63) is 39.8 Å². The zero-order chi connectivity index (χ0) is 14.5. The number of aromatic nitrogens is 1. The molecule has 2 aromatic rings. The van der Waals surface area contributed by atoms with E-state index in [0.717, 1.165) is 26.9 Å². The SMILES string of the molecule is CCSc1cccc(NC(C)c2ncc(C)s2)c1C#N. The van der Waals surface area contributed by atoms with Gasteiger partial charge < -0.3 is 5.32 Å². The molecule has 1 aromatic carbocycles. The lowest BCUT2D eigenvalue weighted by Crippen LogP contribution is -2.07. The summed E-state index contributed by atoms with van der Waals surface area (Å²) in [5.74, 6) is 0.958. The molecule has 1 N–H and O–H groups in total. The molecule has 5 heteroatoms. The zero-order valence-electron chi connectivity index (χ0n) is 11.8. The molecular formula is C15H17N3S2. The molecule has 0 saturated carbocycles. The molecule has 1 atom stereocenters. The van der Waals surface area contributed by atoms with Crippen LogP contribution in [0.25, 0.3) is 0 Å². The van der Waals surface area contributed by atoms with E-state index in [1.807, 2.05) is 31.3 Å². The molecule has 0 spiro atoms. The van der Waals surface area contributed by atoms with E-state index in [1.165, 1.54) is 4.88 Å². The summed E-state index contributed by atoms with van der Waals surface area (Å²) in [4.78, 5) is 6.62. The van der Waals surface area contributed by atoms with Gasteiger partial charge in [0.2, 0.25) is 0 Å². The number of thioether (sulfide) groups is 1. The Hall–Kier alpha value is -1.51. The van der Waals surface area contributed by atoms with Crippen molar-refractivity contribution in [2.45, 2.75) is 31.7 Å². The number of nitrogens with one attached hydrogen (secondary N) is 1. The third-order valence-corrected chi connectivity index (χ3v) is 4.85. The minimum atomic E-state index is 0.0997. The molecule has 1 heterocycles. The summed E-state index contributed by atoms with van der Waals surface area (Å²) in [6.07, 6.45) is 1.88. The molecule has 20 heavy (non-hydrogen) atoms. The number of aryl methyl sites for hydroxylation is 1. The number of hydrogen-bond donors (Lipinski definition) is 1. The highest BCUT2D eigenvalue weighted by molar-refractivity contribution is 7.99. The monoisotopic (exact) mass is 303 g/mol. The largest absolute Gasteiger partial charge is 0.375 e. The maximum Gasteiger partial charge on any atom is 0.115 e. The Kier molecular flexibility index (Phi) is 5.05. The fraction of sp³-hybridized carbons (Fsp3) is 0.333. The van der Waals surface area contributed by atoms with Crippen molar-refractivity contribution >= 4 is 28.8 Å². The summed E-state index contributed by atoms with van der Waals surface area (Å²) in [6, 6.07) is 8.35. The minimum absolute atomic E-state index is 0.0997. The molecule has 0 aliphatic heterocycles. The number of hydrogen-bond acceptors (Lipinski definition) is 5. The number of nitrogens with zero attached hydrogens (tertiary/aromatic N) is 2. The Bertz CT molecular complexity index is 628. The summed E-state index contributed by atoms with van der Waals surface area (Å²) in [5.41, 5.74) is 1.60. The van der Waals surface area contributed by atoms with Crippen LogP contribution in [0, 0.1) is 18.3 Å². The highest BCUT2D eigenvalue weighted by Gasteiger charge is 2.13. The molecule has 0 radical (unpaired) electrons. The van der Waals surface area contributed by atoms with Crippen LogP contribution in [-0.4, -0.2) is 10.7 Å². The van der Waals surface area contributed by atoms with Crippen molar-refractivity contribution in [3.63, 3.8) is 0 Å². The van der Waals surface area contributed by atoms with E-state index in [2.05, 4.69) is 30.2 Å². The summed E-state index contributed by atoms with van der Waals surface area (Å²) < 4.78 is 0. The molecule has 104 valence electrons. The van der Waals surface area contributed by atoms with Gasteiger partial charge in [0.05, 0.1) is 17.3 Å². The molecule has 0 amide bonds. The zero-order valence-corrected chi connectivity index (χ0v) is 13.4. The lowest BCUT2D eigenvalue weighted by Gasteiger charge is -2.15. The van der Waals surface area contributed by atoms with E-state index in [-0.39, 0.29) is 6.04 Å². The standard InChI is InChI=1S/C15H17N3S2/c1-4-19-14-7-5-6-13(12(14)8-16)18-11(3)15-17-9-10(2)20-15/h5-7,9,11,18H,4H2,1-3H3. The van der Waals surface area contributed by atoms with Gasteiger partial charge >= 0.3 is 0 Å². The Labute approximate surface area is 128 Å². The lowest BCUT2D eigenvalue weighted by atomic mass is 10.2. The van der Waals surface area contributed by atoms with Gasteiger partial charge in [0.1, 0.15) is 11.1 Å². The van der Waals surface area contributed by atoms with E-state index in [1.54, 1.807) is 23.1 Å². The number of nitriles is 1. The molecule has 0 bridgehead atoms. The Morgan fingerprint density at radius 1 is 1.50 bits per heavy atom. The van der Waals surface area contributed by atoms with E-state index in [0.29, 0.717) is 0 Å². The first-order valence-corrected chi connectivity index (χ1v) is 8.30. The van der Waals surface area contributed by atoms with E-state index in [4.69, 9.17) is 0 Å². The van der Waals surface area contributed by atoms with Crippen LogP contribution >= 0.6 is 23.1 Å². The van der Waals surface area contributed by atoms with Crippen molar-refractivity contribution in [2.24, 2.45) is 0 Å². The predicted molar refractivity (Wildman–Crippen MR) is 86.4 cm³/mol. The van der Waals surface area contributed by atoms with Gasteiger partial charge in [0.15, 0.2) is 0 Å². The molecule has 0 saturated heterocycles. The summed E-state index contributed by atoms with van der Waals surface area (Å²) >= 11 is 3.37. The van der Waals surface area contributed by atoms with Crippen LogP contribution in [0.2, 0.25) is 0 Å². The van der Waals surface area contributed by atoms with Crippen LogP contribution in [0.5, 0.6) is 0 Å². The number of thiazole rings is 1. The van der Waals surface area contributed by atoms with Crippen molar-refractivity contribution in [1.82, 2.24) is 4.98 Å². The summed E-state index contributed by atoms with van der Waals surface area (Å²) in [5, 5.41) is 13.8. The molecule has 0 aliphatic rings. The molecule has 1 aromatic heterocycles. The van der Waals surface area contributed by atoms with Crippen molar-refractivity contribution in [3.8, 4) is 6.07 Å². The van der Waals surface area contributed by atoms with E-state index in [9.17, 15) is 5.26 Å². The predicted octanol–water partition coefficient (Wildman–Crippen LogP) is 4.61. The van der Waals surface area contributed by atoms with Gasteiger partial charge in [-0.15, -0.1) is 23.1 Å². The van der Waals surface area contributed by atoms with Crippen LogP contribution in [0.1, 0.15) is 35.3 Å². The van der Waals surface area contributed by atoms with Gasteiger partial charge in [-0.2, -0.15) is 5.26 Å². The maximum atomic E-state index is 9.40. The third kappa shape index (κ3) is 3.33. The molecular weight excluding hydrogens is 286 g/mol. The topological polar surface area (TPSA) is 48.7 Å². The number of anilines is 1. The quantitative estimate of drug-likeness (QED) is 0.820. The Balaban J connectivity index is 2.25. The van der Waals surface area contributed by atoms with Gasteiger partial charge in [-0.25, -0.2) is 4.98 Å². The second kappa shape index (κ2) is 6.78. The highest BCUT2D eigenvalue weighted by Crippen LogP contribution is 2.30. The van der Waals surface area contributed by atoms with Gasteiger partial charge in [0.25, 0.3) is 0 Å².